The van der Waals surface area contributed by atoms with Crippen molar-refractivity contribution < 1.29 is 22.8 Å². The molecular weight excluding hydrogens is 552 g/mol. The van der Waals surface area contributed by atoms with Crippen LogP contribution in [0.2, 0.25) is 0 Å². The Kier molecular flexibility index (Phi) is 7.11. The van der Waals surface area contributed by atoms with Crippen LogP contribution in [-0.4, -0.2) is 18.6 Å². The van der Waals surface area contributed by atoms with Gasteiger partial charge in [-0.05, 0) is 106 Å². The fourth-order valence-electron chi connectivity index (χ4n) is 5.51. The van der Waals surface area contributed by atoms with Crippen LogP contribution >= 0.6 is 15.9 Å². The lowest BCUT2D eigenvalue weighted by Gasteiger charge is -2.36. The Labute approximate surface area is 229 Å². The molecule has 2 aliphatic rings. The second-order valence-corrected chi connectivity index (χ2v) is 13.3. The monoisotopic (exact) mass is 586 g/mol. The van der Waals surface area contributed by atoms with E-state index in [1.807, 2.05) is 67.5 Å². The first-order valence-electron chi connectivity index (χ1n) is 12.7. The van der Waals surface area contributed by atoms with Gasteiger partial charge >= 0.3 is 0 Å². The summed E-state index contributed by atoms with van der Waals surface area (Å²) >= 11 is 3.57. The summed E-state index contributed by atoms with van der Waals surface area (Å²) in [6, 6.07) is 3.75. The predicted molar refractivity (Wildman–Crippen MR) is 150 cm³/mol. The minimum atomic E-state index is -4.13. The lowest BCUT2D eigenvalue weighted by atomic mass is 9.71. The Morgan fingerprint density at radius 1 is 0.973 bits per heavy atom. The Hall–Kier alpha value is -2.27. The highest BCUT2D eigenvalue weighted by atomic mass is 79.9. The summed E-state index contributed by atoms with van der Waals surface area (Å²) in [4.78, 5) is 0.177. The van der Waals surface area contributed by atoms with Gasteiger partial charge in [-0.1, -0.05) is 46.6 Å². The number of phenolic OH excluding ortho intramolecular Hbond substituents is 2. The summed E-state index contributed by atoms with van der Waals surface area (Å²) in [7, 11) is -4.13. The highest BCUT2D eigenvalue weighted by Gasteiger charge is 2.59. The molecule has 2 aromatic carbocycles. The molecule has 7 heteroatoms. The number of phenols is 2. The quantitative estimate of drug-likeness (QED) is 0.293. The molecule has 2 aromatic rings. The second kappa shape index (κ2) is 9.48. The van der Waals surface area contributed by atoms with Crippen LogP contribution in [0.3, 0.4) is 0 Å². The van der Waals surface area contributed by atoms with E-state index in [1.165, 1.54) is 0 Å². The summed E-state index contributed by atoms with van der Waals surface area (Å²) < 4.78 is 34.3. The van der Waals surface area contributed by atoms with Crippen LogP contribution in [0, 0.1) is 44.4 Å². The first-order chi connectivity index (χ1) is 17.1. The van der Waals surface area contributed by atoms with Crippen molar-refractivity contribution in [3.8, 4) is 23.3 Å². The SMILES string of the molecule is Cc1c([C@@]2(c3cc(C(C)C)c(O)c(Br)c3C)OS(=O)(=O)C3=C[C@H](C)CC#CC32)cc(C(C)C)c(O)c1C. The van der Waals surface area contributed by atoms with Crippen molar-refractivity contribution in [2.24, 2.45) is 11.8 Å². The Bertz CT molecular complexity index is 1420. The number of hydrogen-bond acceptors (Lipinski definition) is 5. The van der Waals surface area contributed by atoms with E-state index in [9.17, 15) is 18.6 Å². The summed E-state index contributed by atoms with van der Waals surface area (Å²) in [6.07, 6.45) is 2.31. The van der Waals surface area contributed by atoms with E-state index in [2.05, 4.69) is 27.8 Å². The molecule has 2 N–H and O–H groups in total. The molecule has 0 amide bonds. The maximum Gasteiger partial charge on any atom is 0.295 e. The molecule has 1 aliphatic carbocycles. The molecule has 1 saturated heterocycles. The number of benzene rings is 2. The lowest BCUT2D eigenvalue weighted by molar-refractivity contribution is 0.117. The van der Waals surface area contributed by atoms with Crippen LogP contribution in [0.25, 0.3) is 0 Å². The normalized spacial score (nSPS) is 24.5. The number of hydrogen-bond donors (Lipinski definition) is 2. The molecule has 0 radical (unpaired) electrons. The van der Waals surface area contributed by atoms with Crippen molar-refractivity contribution in [1.82, 2.24) is 0 Å². The number of allylic oxidation sites excluding steroid dienone is 1. The number of rotatable bonds is 4. The molecule has 3 atom stereocenters. The molecule has 4 rings (SSSR count). The molecule has 198 valence electrons. The molecule has 1 heterocycles. The van der Waals surface area contributed by atoms with Gasteiger partial charge in [0.05, 0.1) is 15.3 Å². The number of aromatic hydroxyl groups is 2. The molecule has 0 saturated carbocycles. The van der Waals surface area contributed by atoms with Crippen molar-refractivity contribution in [1.29, 1.82) is 0 Å². The van der Waals surface area contributed by atoms with E-state index in [-0.39, 0.29) is 34.2 Å². The molecule has 0 bridgehead atoms. The van der Waals surface area contributed by atoms with Gasteiger partial charge in [-0.2, -0.15) is 8.42 Å². The minimum Gasteiger partial charge on any atom is -0.507 e. The van der Waals surface area contributed by atoms with Crippen molar-refractivity contribution in [3.63, 3.8) is 0 Å². The Morgan fingerprint density at radius 2 is 1.51 bits per heavy atom. The van der Waals surface area contributed by atoms with Crippen LogP contribution in [-0.2, 0) is 19.9 Å². The van der Waals surface area contributed by atoms with Crippen LogP contribution in [0.5, 0.6) is 11.5 Å². The Balaban J connectivity index is 2.26. The van der Waals surface area contributed by atoms with Gasteiger partial charge in [-0.25, -0.2) is 4.18 Å². The summed E-state index contributed by atoms with van der Waals surface area (Å²) in [6.45, 7) is 15.5. The molecule has 0 aromatic heterocycles. The van der Waals surface area contributed by atoms with Gasteiger partial charge in [0, 0.05) is 6.42 Å². The van der Waals surface area contributed by atoms with Crippen molar-refractivity contribution in [3.05, 3.63) is 66.5 Å². The molecule has 0 spiro atoms. The fraction of sp³-hybridized carbons (Fsp3) is 0.467. The van der Waals surface area contributed by atoms with Gasteiger partial charge in [0.2, 0.25) is 0 Å². The van der Waals surface area contributed by atoms with Gasteiger partial charge in [-0.3, -0.25) is 0 Å². The van der Waals surface area contributed by atoms with Crippen LogP contribution in [0.15, 0.2) is 27.6 Å². The zero-order valence-electron chi connectivity index (χ0n) is 22.7. The van der Waals surface area contributed by atoms with Gasteiger partial charge in [-0.15, -0.1) is 5.92 Å². The molecule has 1 unspecified atom stereocenters. The smallest absolute Gasteiger partial charge is 0.295 e. The largest absolute Gasteiger partial charge is 0.507 e. The molecule has 1 aliphatic heterocycles. The van der Waals surface area contributed by atoms with Crippen LogP contribution < -0.4 is 0 Å². The van der Waals surface area contributed by atoms with Gasteiger partial charge < -0.3 is 10.2 Å². The maximum absolute atomic E-state index is 13.8. The highest BCUT2D eigenvalue weighted by molar-refractivity contribution is 9.10. The topological polar surface area (TPSA) is 83.8 Å². The third kappa shape index (κ3) is 4.22. The zero-order chi connectivity index (χ0) is 27.6. The van der Waals surface area contributed by atoms with Gasteiger partial charge in [0.1, 0.15) is 11.5 Å². The standard InChI is InChI=1S/C30H35BrO5S/c1-15(2)21-13-24(18(6)19(7)28(21)32)30(25-14-22(16(3)4)29(33)27(31)20(25)8)23-11-9-10-17(5)12-26(23)37(34,35)36-30/h12-17,23,32-33H,10H2,1-8H3/t17-,23?,30+/m1/s1. The van der Waals surface area contributed by atoms with Gasteiger partial charge in [0.15, 0.2) is 5.60 Å². The average Bonchev–Trinajstić information content (AvgIpc) is 2.92. The fourth-order valence-corrected chi connectivity index (χ4v) is 7.58. The van der Waals surface area contributed by atoms with E-state index in [0.717, 1.165) is 5.56 Å². The molecule has 5 nitrogen and oxygen atoms in total. The number of halogens is 1. The summed E-state index contributed by atoms with van der Waals surface area (Å²) in [5, 5.41) is 22.0. The van der Waals surface area contributed by atoms with E-state index in [0.29, 0.717) is 44.3 Å². The Morgan fingerprint density at radius 3 is 2.08 bits per heavy atom. The predicted octanol–water partition coefficient (Wildman–Crippen LogP) is 7.18. The molecule has 1 fully saturated rings. The van der Waals surface area contributed by atoms with E-state index in [4.69, 9.17) is 4.18 Å². The second-order valence-electron chi connectivity index (χ2n) is 11.0. The maximum atomic E-state index is 13.8. The van der Waals surface area contributed by atoms with Crippen LogP contribution in [0.1, 0.15) is 91.8 Å². The third-order valence-corrected chi connectivity index (χ3v) is 10.2. The van der Waals surface area contributed by atoms with Crippen molar-refractivity contribution in [2.45, 2.75) is 79.2 Å². The van der Waals surface area contributed by atoms with Crippen molar-refractivity contribution >= 4 is 26.0 Å². The molecule has 37 heavy (non-hydrogen) atoms. The van der Waals surface area contributed by atoms with E-state index < -0.39 is 21.6 Å². The minimum absolute atomic E-state index is 0.0118. The van der Waals surface area contributed by atoms with Crippen LogP contribution in [0.4, 0.5) is 0 Å². The third-order valence-electron chi connectivity index (χ3n) is 7.79. The molecular formula is C30H35BrO5S. The van der Waals surface area contributed by atoms with Gasteiger partial charge in [0.25, 0.3) is 10.1 Å². The van der Waals surface area contributed by atoms with Crippen molar-refractivity contribution in [2.75, 3.05) is 0 Å². The lowest BCUT2D eigenvalue weighted by Crippen LogP contribution is -2.36. The first-order valence-corrected chi connectivity index (χ1v) is 14.9. The van der Waals surface area contributed by atoms with E-state index in [1.54, 1.807) is 6.08 Å². The highest BCUT2D eigenvalue weighted by Crippen LogP contribution is 2.57. The van der Waals surface area contributed by atoms with E-state index >= 15 is 0 Å². The average molecular weight is 588 g/mol. The zero-order valence-corrected chi connectivity index (χ0v) is 25.1. The summed E-state index contributed by atoms with van der Waals surface area (Å²) in [5.74, 6) is 5.93. The summed E-state index contributed by atoms with van der Waals surface area (Å²) in [5.41, 5.74) is 3.27. The number of fused-ring (bicyclic) bond motifs is 1. The first kappa shape index (κ1) is 27.8.